The van der Waals surface area contributed by atoms with E-state index in [9.17, 15) is 0 Å². The number of hydrogen-bond acceptors (Lipinski definition) is 4. The summed E-state index contributed by atoms with van der Waals surface area (Å²) in [5.74, 6) is 1.93. The number of para-hydroxylation sites is 1. The van der Waals surface area contributed by atoms with E-state index in [2.05, 4.69) is 28.4 Å². The number of nitrogens with zero attached hydrogens (tertiary/aromatic N) is 3. The van der Waals surface area contributed by atoms with E-state index < -0.39 is 0 Å². The largest absolute Gasteiger partial charge is 0.496 e. The third kappa shape index (κ3) is 3.57. The molecule has 0 bridgehead atoms. The normalized spacial score (nSPS) is 12.3. The van der Waals surface area contributed by atoms with Crippen LogP contribution in [0.1, 0.15) is 18.3 Å². The number of likely N-dealkylation sites (N-methyl/N-ethyl adjacent to an activating group) is 1. The van der Waals surface area contributed by atoms with E-state index in [4.69, 9.17) is 4.74 Å². The molecule has 1 atom stereocenters. The van der Waals surface area contributed by atoms with Gasteiger partial charge >= 0.3 is 0 Å². The first-order valence-electron chi connectivity index (χ1n) is 6.92. The lowest BCUT2D eigenvalue weighted by Crippen LogP contribution is -2.34. The summed E-state index contributed by atoms with van der Waals surface area (Å²) in [6.45, 7) is 3.05. The number of hydrogen-bond donors (Lipinski definition) is 1. The van der Waals surface area contributed by atoms with E-state index in [0.29, 0.717) is 6.04 Å². The molecular formula is C15H22N4O. The van der Waals surface area contributed by atoms with Gasteiger partial charge in [0, 0.05) is 19.5 Å². The summed E-state index contributed by atoms with van der Waals surface area (Å²) in [6.07, 6.45) is 3.36. The molecule has 1 heterocycles. The molecule has 0 saturated carbocycles. The molecule has 0 spiro atoms. The van der Waals surface area contributed by atoms with E-state index >= 15 is 0 Å². The Morgan fingerprint density at radius 3 is 2.75 bits per heavy atom. The Balaban J connectivity index is 2.11. The molecule has 108 valence electrons. The molecule has 5 heteroatoms. The standard InChI is InChI=1S/C15H22N4O/c1-4-16-13(10-15-17-11-18-19(15)2)9-12-7-5-6-8-14(12)20-3/h5-8,11,13,16H,4,9-10H2,1-3H3. The molecule has 2 rings (SSSR count). The van der Waals surface area contributed by atoms with Crippen LogP contribution in [0.2, 0.25) is 0 Å². The van der Waals surface area contributed by atoms with Crippen LogP contribution in [0.25, 0.3) is 0 Å². The third-order valence-electron chi connectivity index (χ3n) is 3.39. The first-order chi connectivity index (χ1) is 9.74. The molecule has 1 aromatic heterocycles. The first kappa shape index (κ1) is 14.5. The van der Waals surface area contributed by atoms with Crippen molar-refractivity contribution in [1.82, 2.24) is 20.1 Å². The van der Waals surface area contributed by atoms with Crippen molar-refractivity contribution in [2.24, 2.45) is 7.05 Å². The van der Waals surface area contributed by atoms with E-state index in [-0.39, 0.29) is 0 Å². The average Bonchev–Trinajstić information content (AvgIpc) is 2.85. The first-order valence-corrected chi connectivity index (χ1v) is 6.92. The van der Waals surface area contributed by atoms with E-state index in [0.717, 1.165) is 31.0 Å². The second kappa shape index (κ2) is 7.05. The molecular weight excluding hydrogens is 252 g/mol. The van der Waals surface area contributed by atoms with Crippen LogP contribution in [0, 0.1) is 0 Å². The Hall–Kier alpha value is -1.88. The Morgan fingerprint density at radius 2 is 2.10 bits per heavy atom. The fourth-order valence-electron chi connectivity index (χ4n) is 2.37. The minimum Gasteiger partial charge on any atom is -0.496 e. The second-order valence-corrected chi connectivity index (χ2v) is 4.77. The number of aromatic nitrogens is 3. The monoisotopic (exact) mass is 274 g/mol. The highest BCUT2D eigenvalue weighted by Gasteiger charge is 2.14. The number of rotatable bonds is 7. The molecule has 0 radical (unpaired) electrons. The molecule has 0 saturated heterocycles. The molecule has 20 heavy (non-hydrogen) atoms. The molecule has 5 nitrogen and oxygen atoms in total. The van der Waals surface area contributed by atoms with Gasteiger partial charge in [-0.3, -0.25) is 4.68 Å². The third-order valence-corrected chi connectivity index (χ3v) is 3.39. The fourth-order valence-corrected chi connectivity index (χ4v) is 2.37. The summed E-state index contributed by atoms with van der Waals surface area (Å²) in [5, 5.41) is 7.63. The highest BCUT2D eigenvalue weighted by atomic mass is 16.5. The quantitative estimate of drug-likeness (QED) is 0.833. The zero-order valence-electron chi connectivity index (χ0n) is 12.3. The molecule has 1 aromatic carbocycles. The van der Waals surface area contributed by atoms with Crippen LogP contribution in [0.5, 0.6) is 5.75 Å². The van der Waals surface area contributed by atoms with Crippen molar-refractivity contribution in [2.45, 2.75) is 25.8 Å². The Morgan fingerprint density at radius 1 is 1.30 bits per heavy atom. The number of ether oxygens (including phenoxy) is 1. The zero-order chi connectivity index (χ0) is 14.4. The van der Waals surface area contributed by atoms with Crippen LogP contribution < -0.4 is 10.1 Å². The topological polar surface area (TPSA) is 52.0 Å². The summed E-state index contributed by atoms with van der Waals surface area (Å²) >= 11 is 0. The molecule has 2 aromatic rings. The summed E-state index contributed by atoms with van der Waals surface area (Å²) in [7, 11) is 3.64. The minimum absolute atomic E-state index is 0.319. The lowest BCUT2D eigenvalue weighted by Gasteiger charge is -2.18. The number of nitrogens with one attached hydrogen (secondary N) is 1. The highest BCUT2D eigenvalue weighted by molar-refractivity contribution is 5.34. The molecule has 1 unspecified atom stereocenters. The van der Waals surface area contributed by atoms with Crippen molar-refractivity contribution in [3.8, 4) is 5.75 Å². The SMILES string of the molecule is CCNC(Cc1ccccc1OC)Cc1ncnn1C. The smallest absolute Gasteiger partial charge is 0.138 e. The van der Waals surface area contributed by atoms with Gasteiger partial charge in [-0.05, 0) is 24.6 Å². The van der Waals surface area contributed by atoms with Crippen LogP contribution in [0.4, 0.5) is 0 Å². The van der Waals surface area contributed by atoms with Crippen LogP contribution in [0.15, 0.2) is 30.6 Å². The molecule has 0 aliphatic carbocycles. The number of methoxy groups -OCH3 is 1. The predicted octanol–water partition coefficient (Wildman–Crippen LogP) is 1.59. The second-order valence-electron chi connectivity index (χ2n) is 4.77. The summed E-state index contributed by atoms with van der Waals surface area (Å²) in [5.41, 5.74) is 1.21. The summed E-state index contributed by atoms with van der Waals surface area (Å²) in [4.78, 5) is 4.30. The molecule has 0 amide bonds. The van der Waals surface area contributed by atoms with Gasteiger partial charge in [-0.1, -0.05) is 25.1 Å². The van der Waals surface area contributed by atoms with Crippen molar-refractivity contribution in [2.75, 3.05) is 13.7 Å². The van der Waals surface area contributed by atoms with Gasteiger partial charge in [0.1, 0.15) is 17.9 Å². The number of aryl methyl sites for hydroxylation is 1. The lowest BCUT2D eigenvalue weighted by molar-refractivity contribution is 0.404. The highest BCUT2D eigenvalue weighted by Crippen LogP contribution is 2.19. The van der Waals surface area contributed by atoms with Gasteiger partial charge < -0.3 is 10.1 Å². The lowest BCUT2D eigenvalue weighted by atomic mass is 10.0. The summed E-state index contributed by atoms with van der Waals surface area (Å²) < 4.78 is 7.25. The summed E-state index contributed by atoms with van der Waals surface area (Å²) in [6, 6.07) is 8.47. The average molecular weight is 274 g/mol. The van der Waals surface area contributed by atoms with Gasteiger partial charge in [0.25, 0.3) is 0 Å². The van der Waals surface area contributed by atoms with Gasteiger partial charge in [-0.2, -0.15) is 5.10 Å². The fraction of sp³-hybridized carbons (Fsp3) is 0.467. The zero-order valence-corrected chi connectivity index (χ0v) is 12.3. The van der Waals surface area contributed by atoms with Crippen LogP contribution in [0.3, 0.4) is 0 Å². The van der Waals surface area contributed by atoms with Crippen molar-refractivity contribution < 1.29 is 4.74 Å². The molecule has 0 aliphatic rings. The molecule has 0 fully saturated rings. The van der Waals surface area contributed by atoms with Gasteiger partial charge in [-0.15, -0.1) is 0 Å². The van der Waals surface area contributed by atoms with Gasteiger partial charge in [0.2, 0.25) is 0 Å². The maximum absolute atomic E-state index is 5.42. The van der Waals surface area contributed by atoms with E-state index in [1.54, 1.807) is 13.4 Å². The van der Waals surface area contributed by atoms with Crippen molar-refractivity contribution in [3.63, 3.8) is 0 Å². The van der Waals surface area contributed by atoms with Crippen molar-refractivity contribution in [1.29, 1.82) is 0 Å². The van der Waals surface area contributed by atoms with Crippen molar-refractivity contribution >= 4 is 0 Å². The van der Waals surface area contributed by atoms with Crippen molar-refractivity contribution in [3.05, 3.63) is 42.0 Å². The van der Waals surface area contributed by atoms with Crippen LogP contribution in [-0.4, -0.2) is 34.5 Å². The van der Waals surface area contributed by atoms with Crippen LogP contribution in [-0.2, 0) is 19.9 Å². The minimum atomic E-state index is 0.319. The Kier molecular flexibility index (Phi) is 5.12. The predicted molar refractivity (Wildman–Crippen MR) is 78.9 cm³/mol. The maximum atomic E-state index is 5.42. The Labute approximate surface area is 120 Å². The van der Waals surface area contributed by atoms with Gasteiger partial charge in [0.15, 0.2) is 0 Å². The molecule has 0 aliphatic heterocycles. The van der Waals surface area contributed by atoms with E-state index in [1.165, 1.54) is 5.56 Å². The molecule has 1 N–H and O–H groups in total. The Bertz CT molecular complexity index is 538. The maximum Gasteiger partial charge on any atom is 0.138 e. The van der Waals surface area contributed by atoms with Crippen LogP contribution >= 0.6 is 0 Å². The van der Waals surface area contributed by atoms with E-state index in [1.807, 2.05) is 29.9 Å². The van der Waals surface area contributed by atoms with Gasteiger partial charge in [-0.25, -0.2) is 4.98 Å². The van der Waals surface area contributed by atoms with Gasteiger partial charge in [0.05, 0.1) is 7.11 Å². The number of benzene rings is 1.